The number of fused-ring (bicyclic) bond motifs is 2. The van der Waals surface area contributed by atoms with E-state index in [2.05, 4.69) is 23.5 Å². The van der Waals surface area contributed by atoms with Crippen molar-refractivity contribution >= 4 is 29.0 Å². The second kappa shape index (κ2) is 10.1. The zero-order valence-electron chi connectivity index (χ0n) is 17.0. The molecular formula is C22H26ClN5O3. The molecule has 31 heavy (non-hydrogen) atoms. The van der Waals surface area contributed by atoms with Gasteiger partial charge in [-0.25, -0.2) is 0 Å². The first-order valence-corrected chi connectivity index (χ1v) is 9.58. The average Bonchev–Trinajstić information content (AvgIpc) is 2.73. The molecule has 1 aromatic carbocycles. The molecule has 1 unspecified atom stereocenters. The number of nitrogens with one attached hydrogen (secondary N) is 2. The van der Waals surface area contributed by atoms with Crippen LogP contribution in [0.2, 0.25) is 0 Å². The minimum Gasteiger partial charge on any atom is -0.381 e. The zero-order valence-corrected chi connectivity index (χ0v) is 17.9. The number of nitrogens with two attached hydrogens (primary N) is 1. The van der Waals surface area contributed by atoms with Gasteiger partial charge in [-0.15, -0.1) is 25.6 Å². The third kappa shape index (κ3) is 4.70. The van der Waals surface area contributed by atoms with E-state index in [9.17, 15) is 14.9 Å². The number of rotatable bonds is 9. The highest BCUT2D eigenvalue weighted by Gasteiger charge is 2.46. The van der Waals surface area contributed by atoms with E-state index in [0.717, 1.165) is 0 Å². The van der Waals surface area contributed by atoms with Crippen LogP contribution in [0.25, 0.3) is 16.6 Å². The SMILES string of the molecule is C=CCN(C=CCNC1=CCC(N)([N+](=O)[O-])c2[nH]c3ccccc3c(=O)c21)CC=C.Cl. The van der Waals surface area contributed by atoms with Gasteiger partial charge in [0.05, 0.1) is 12.0 Å². The predicted molar refractivity (Wildman–Crippen MR) is 126 cm³/mol. The maximum absolute atomic E-state index is 13.2. The summed E-state index contributed by atoms with van der Waals surface area (Å²) in [7, 11) is 0. The van der Waals surface area contributed by atoms with Crippen molar-refractivity contribution in [3.05, 3.63) is 99.5 Å². The highest BCUT2D eigenvalue weighted by molar-refractivity contribution is 5.85. The number of aromatic amines is 1. The number of nitro groups is 1. The van der Waals surface area contributed by atoms with Gasteiger partial charge in [0.1, 0.15) is 5.69 Å². The molecule has 1 heterocycles. The van der Waals surface area contributed by atoms with Crippen molar-refractivity contribution < 1.29 is 4.92 Å². The highest BCUT2D eigenvalue weighted by atomic mass is 35.5. The monoisotopic (exact) mass is 443 g/mol. The fourth-order valence-electron chi connectivity index (χ4n) is 3.50. The maximum Gasteiger partial charge on any atom is 0.317 e. The van der Waals surface area contributed by atoms with Gasteiger partial charge in [0.15, 0.2) is 5.43 Å². The van der Waals surface area contributed by atoms with Gasteiger partial charge in [-0.1, -0.05) is 30.4 Å². The van der Waals surface area contributed by atoms with Gasteiger partial charge in [-0.3, -0.25) is 20.6 Å². The van der Waals surface area contributed by atoms with Gasteiger partial charge >= 0.3 is 5.66 Å². The van der Waals surface area contributed by atoms with Crippen molar-refractivity contribution in [2.45, 2.75) is 12.1 Å². The van der Waals surface area contributed by atoms with E-state index in [1.54, 1.807) is 42.5 Å². The van der Waals surface area contributed by atoms with Crippen LogP contribution in [0.15, 0.2) is 72.7 Å². The number of pyridine rings is 1. The molecule has 0 saturated heterocycles. The molecule has 3 rings (SSSR count). The summed E-state index contributed by atoms with van der Waals surface area (Å²) in [5, 5.41) is 15.4. The number of aromatic nitrogens is 1. The Hall–Kier alpha value is -3.36. The van der Waals surface area contributed by atoms with Crippen LogP contribution in [0.5, 0.6) is 0 Å². The quantitative estimate of drug-likeness (QED) is 0.237. The van der Waals surface area contributed by atoms with Gasteiger partial charge in [-0.2, -0.15) is 0 Å². The van der Waals surface area contributed by atoms with Gasteiger partial charge in [0.2, 0.25) is 0 Å². The maximum atomic E-state index is 13.2. The topological polar surface area (TPSA) is 117 Å². The number of H-pyrrole nitrogens is 1. The molecule has 1 aliphatic rings. The minimum absolute atomic E-state index is 0. The number of nitrogens with zero attached hydrogens (tertiary/aromatic N) is 2. The summed E-state index contributed by atoms with van der Waals surface area (Å²) >= 11 is 0. The third-order valence-electron chi connectivity index (χ3n) is 5.01. The van der Waals surface area contributed by atoms with Crippen molar-refractivity contribution in [1.29, 1.82) is 0 Å². The molecule has 0 radical (unpaired) electrons. The van der Waals surface area contributed by atoms with Crippen LogP contribution in [0.1, 0.15) is 17.7 Å². The van der Waals surface area contributed by atoms with Crippen LogP contribution >= 0.6 is 12.4 Å². The molecule has 0 bridgehead atoms. The molecule has 0 fully saturated rings. The first-order chi connectivity index (χ1) is 14.4. The summed E-state index contributed by atoms with van der Waals surface area (Å²) in [6, 6.07) is 6.91. The Morgan fingerprint density at radius 1 is 1.29 bits per heavy atom. The van der Waals surface area contributed by atoms with Gasteiger partial charge in [0.25, 0.3) is 0 Å². The molecule has 4 N–H and O–H groups in total. The van der Waals surface area contributed by atoms with Crippen molar-refractivity contribution in [2.24, 2.45) is 5.73 Å². The Labute approximate surface area is 186 Å². The van der Waals surface area contributed by atoms with E-state index in [-0.39, 0.29) is 35.5 Å². The third-order valence-corrected chi connectivity index (χ3v) is 5.01. The van der Waals surface area contributed by atoms with Crippen LogP contribution in [-0.2, 0) is 5.66 Å². The van der Waals surface area contributed by atoms with Crippen LogP contribution in [0, 0.1) is 10.1 Å². The van der Waals surface area contributed by atoms with E-state index >= 15 is 0 Å². The number of benzene rings is 1. The fourth-order valence-corrected chi connectivity index (χ4v) is 3.50. The van der Waals surface area contributed by atoms with E-state index < -0.39 is 10.6 Å². The van der Waals surface area contributed by atoms with Crippen LogP contribution in [-0.4, -0.2) is 34.4 Å². The van der Waals surface area contributed by atoms with E-state index in [4.69, 9.17) is 5.73 Å². The van der Waals surface area contributed by atoms with E-state index in [0.29, 0.717) is 36.2 Å². The van der Waals surface area contributed by atoms with Crippen molar-refractivity contribution in [3.63, 3.8) is 0 Å². The lowest BCUT2D eigenvalue weighted by atomic mass is 9.89. The van der Waals surface area contributed by atoms with Crippen LogP contribution in [0.4, 0.5) is 0 Å². The molecule has 1 aromatic heterocycles. The standard InChI is InChI=1S/C22H25N5O3.ClH/c1-3-13-26(14-4-2)15-7-12-24-18-10-11-22(23,27(29)30)21-19(18)20(28)16-8-5-6-9-17(16)25-21;/h3-10,15,24H,1-2,11-14,23H2,(H,25,28);1H. The Kier molecular flexibility index (Phi) is 7.79. The van der Waals surface area contributed by atoms with E-state index in [1.807, 2.05) is 17.2 Å². The molecule has 1 aliphatic carbocycles. The van der Waals surface area contributed by atoms with Crippen molar-refractivity contribution in [1.82, 2.24) is 15.2 Å². The molecule has 1 atom stereocenters. The van der Waals surface area contributed by atoms with Crippen LogP contribution < -0.4 is 16.5 Å². The summed E-state index contributed by atoms with van der Waals surface area (Å²) in [6.45, 7) is 9.25. The Morgan fingerprint density at radius 2 is 1.97 bits per heavy atom. The first kappa shape index (κ1) is 23.9. The number of hydrogen-bond donors (Lipinski definition) is 3. The Bertz CT molecular complexity index is 1100. The van der Waals surface area contributed by atoms with Crippen LogP contribution in [0.3, 0.4) is 0 Å². The summed E-state index contributed by atoms with van der Waals surface area (Å²) in [5.74, 6) is 0. The lowest BCUT2D eigenvalue weighted by molar-refractivity contribution is -0.579. The first-order valence-electron chi connectivity index (χ1n) is 9.58. The molecule has 9 heteroatoms. The predicted octanol–water partition coefficient (Wildman–Crippen LogP) is 2.86. The largest absolute Gasteiger partial charge is 0.381 e. The molecule has 0 saturated carbocycles. The molecule has 0 aliphatic heterocycles. The summed E-state index contributed by atoms with van der Waals surface area (Å²) in [4.78, 5) is 29.4. The second-order valence-electron chi connectivity index (χ2n) is 7.05. The van der Waals surface area contributed by atoms with Crippen molar-refractivity contribution in [3.8, 4) is 0 Å². The van der Waals surface area contributed by atoms with Gasteiger partial charge < -0.3 is 15.2 Å². The summed E-state index contributed by atoms with van der Waals surface area (Å²) < 4.78 is 0. The summed E-state index contributed by atoms with van der Waals surface area (Å²) in [6.07, 6.45) is 8.99. The molecule has 0 amide bonds. The molecule has 8 nitrogen and oxygen atoms in total. The number of para-hydroxylation sites is 1. The number of hydrogen-bond acceptors (Lipinski definition) is 6. The summed E-state index contributed by atoms with van der Waals surface area (Å²) in [5.41, 5.74) is 5.31. The second-order valence-corrected chi connectivity index (χ2v) is 7.05. The smallest absolute Gasteiger partial charge is 0.317 e. The van der Waals surface area contributed by atoms with E-state index in [1.165, 1.54) is 0 Å². The number of halogens is 1. The molecule has 164 valence electrons. The highest BCUT2D eigenvalue weighted by Crippen LogP contribution is 2.33. The Balaban J connectivity index is 0.00000341. The zero-order chi connectivity index (χ0) is 21.7. The molecular weight excluding hydrogens is 418 g/mol. The minimum atomic E-state index is -1.88. The van der Waals surface area contributed by atoms with Gasteiger partial charge in [0, 0.05) is 41.2 Å². The Morgan fingerprint density at radius 3 is 2.61 bits per heavy atom. The normalized spacial score (nSPS) is 17.4. The molecule has 0 spiro atoms. The molecule has 2 aromatic rings. The average molecular weight is 444 g/mol. The van der Waals surface area contributed by atoms with Crippen molar-refractivity contribution in [2.75, 3.05) is 19.6 Å². The lowest BCUT2D eigenvalue weighted by Gasteiger charge is -2.27. The van der Waals surface area contributed by atoms with Gasteiger partial charge in [-0.05, 0) is 24.4 Å². The fraction of sp³-hybridized carbons (Fsp3) is 0.227. The lowest BCUT2D eigenvalue weighted by Crippen LogP contribution is -2.49.